The fourth-order valence-corrected chi connectivity index (χ4v) is 4.87. The highest BCUT2D eigenvalue weighted by Gasteiger charge is 2.28. The van der Waals surface area contributed by atoms with Crippen molar-refractivity contribution in [2.75, 3.05) is 37.7 Å². The van der Waals surface area contributed by atoms with Gasteiger partial charge in [0, 0.05) is 38.7 Å². The zero-order valence-electron chi connectivity index (χ0n) is 16.8. The van der Waals surface area contributed by atoms with Gasteiger partial charge >= 0.3 is 0 Å². The Balaban J connectivity index is 2.41. The van der Waals surface area contributed by atoms with Gasteiger partial charge in [0.2, 0.25) is 5.91 Å². The van der Waals surface area contributed by atoms with Gasteiger partial charge in [0.15, 0.2) is 15.8 Å². The number of sulfone groups is 1. The summed E-state index contributed by atoms with van der Waals surface area (Å²) < 4.78 is 22.9. The molecule has 1 saturated heterocycles. The molecular formula is C18H36N4O4S. The molecule has 0 spiro atoms. The molecule has 2 unspecified atom stereocenters. The van der Waals surface area contributed by atoms with E-state index >= 15 is 0 Å². The van der Waals surface area contributed by atoms with Gasteiger partial charge in [0.1, 0.15) is 0 Å². The Labute approximate surface area is 163 Å². The first-order valence-corrected chi connectivity index (χ1v) is 11.7. The molecule has 1 aliphatic heterocycles. The Morgan fingerprint density at radius 3 is 2.59 bits per heavy atom. The molecule has 1 amide bonds. The molecule has 0 aliphatic carbocycles. The molecule has 0 aromatic carbocycles. The van der Waals surface area contributed by atoms with Crippen molar-refractivity contribution in [2.45, 2.75) is 52.5 Å². The molecule has 9 heteroatoms. The summed E-state index contributed by atoms with van der Waals surface area (Å²) in [6.45, 7) is 8.22. The number of hydrogen-bond acceptors (Lipinski definition) is 5. The highest BCUT2D eigenvalue weighted by Crippen LogP contribution is 2.15. The van der Waals surface area contributed by atoms with Crippen LogP contribution in [0.3, 0.4) is 0 Å². The standard InChI is InChI=1S/C18H36N4O4S/c1-4-19-18(21-12-15(6-9-23)11-14(2)3)20-8-5-17(24)22-16-7-10-27(25,26)13-16/h14-16,23H,4-13H2,1-3H3,(H,22,24)(H2,19,20,21). The van der Waals surface area contributed by atoms with Crippen molar-refractivity contribution in [3.8, 4) is 0 Å². The van der Waals surface area contributed by atoms with E-state index in [0.717, 1.165) is 12.8 Å². The third-order valence-corrected chi connectivity index (χ3v) is 6.20. The number of nitrogens with one attached hydrogen (secondary N) is 3. The third-order valence-electron chi connectivity index (χ3n) is 4.44. The number of aliphatic hydroxyl groups excluding tert-OH is 1. The Bertz CT molecular complexity index is 578. The van der Waals surface area contributed by atoms with Crippen molar-refractivity contribution in [2.24, 2.45) is 16.8 Å². The van der Waals surface area contributed by atoms with Gasteiger partial charge in [0.05, 0.1) is 11.5 Å². The third kappa shape index (κ3) is 10.5. The zero-order chi connectivity index (χ0) is 20.3. The maximum Gasteiger partial charge on any atom is 0.222 e. The van der Waals surface area contributed by atoms with E-state index in [1.54, 1.807) is 0 Å². The predicted molar refractivity (Wildman–Crippen MR) is 108 cm³/mol. The molecule has 0 radical (unpaired) electrons. The fraction of sp³-hybridized carbons (Fsp3) is 0.889. The number of aliphatic imine (C=N–C) groups is 1. The minimum absolute atomic E-state index is 0.0400. The van der Waals surface area contributed by atoms with E-state index in [0.29, 0.717) is 43.9 Å². The maximum atomic E-state index is 12.0. The Kier molecular flexibility index (Phi) is 10.7. The van der Waals surface area contributed by atoms with E-state index in [1.807, 2.05) is 6.92 Å². The minimum atomic E-state index is -2.99. The van der Waals surface area contributed by atoms with Crippen LogP contribution in [0, 0.1) is 11.8 Å². The van der Waals surface area contributed by atoms with Crippen LogP contribution in [0.1, 0.15) is 46.5 Å². The second-order valence-electron chi connectivity index (χ2n) is 7.57. The first kappa shape index (κ1) is 23.7. The molecule has 0 aromatic heterocycles. The Hall–Kier alpha value is -1.35. The molecule has 8 nitrogen and oxygen atoms in total. The second kappa shape index (κ2) is 12.2. The van der Waals surface area contributed by atoms with Crippen LogP contribution in [-0.2, 0) is 14.6 Å². The Morgan fingerprint density at radius 1 is 1.30 bits per heavy atom. The highest BCUT2D eigenvalue weighted by atomic mass is 32.2. The second-order valence-corrected chi connectivity index (χ2v) is 9.80. The van der Waals surface area contributed by atoms with Crippen LogP contribution in [0.25, 0.3) is 0 Å². The number of nitrogens with zero attached hydrogens (tertiary/aromatic N) is 1. The number of guanidine groups is 1. The number of aliphatic hydroxyl groups is 1. The SMILES string of the molecule is CCNC(=NCC(CCO)CC(C)C)NCCC(=O)NC1CCS(=O)(=O)C1. The van der Waals surface area contributed by atoms with Gasteiger partial charge in [-0.3, -0.25) is 9.79 Å². The summed E-state index contributed by atoms with van der Waals surface area (Å²) in [5.74, 6) is 1.57. The van der Waals surface area contributed by atoms with Crippen LogP contribution in [0.15, 0.2) is 4.99 Å². The number of hydrogen-bond donors (Lipinski definition) is 4. The largest absolute Gasteiger partial charge is 0.396 e. The fourth-order valence-electron chi connectivity index (χ4n) is 3.20. The first-order valence-electron chi connectivity index (χ1n) is 9.88. The lowest BCUT2D eigenvalue weighted by Crippen LogP contribution is -2.41. The summed E-state index contributed by atoms with van der Waals surface area (Å²) in [5, 5.41) is 18.3. The van der Waals surface area contributed by atoms with Crippen LogP contribution in [0.2, 0.25) is 0 Å². The zero-order valence-corrected chi connectivity index (χ0v) is 17.6. The van der Waals surface area contributed by atoms with Gasteiger partial charge in [-0.15, -0.1) is 0 Å². The molecule has 0 saturated carbocycles. The van der Waals surface area contributed by atoms with Crippen LogP contribution in [0.5, 0.6) is 0 Å². The highest BCUT2D eigenvalue weighted by molar-refractivity contribution is 7.91. The topological polar surface area (TPSA) is 120 Å². The van der Waals surface area contributed by atoms with E-state index in [2.05, 4.69) is 34.8 Å². The van der Waals surface area contributed by atoms with Crippen molar-refractivity contribution in [1.29, 1.82) is 0 Å². The Morgan fingerprint density at radius 2 is 2.04 bits per heavy atom. The molecule has 0 bridgehead atoms. The van der Waals surface area contributed by atoms with Crippen LogP contribution < -0.4 is 16.0 Å². The van der Waals surface area contributed by atoms with Crippen molar-refractivity contribution in [3.05, 3.63) is 0 Å². The van der Waals surface area contributed by atoms with Gasteiger partial charge in [0.25, 0.3) is 0 Å². The number of rotatable bonds is 11. The van der Waals surface area contributed by atoms with E-state index in [-0.39, 0.29) is 36.5 Å². The molecule has 4 N–H and O–H groups in total. The molecule has 158 valence electrons. The smallest absolute Gasteiger partial charge is 0.222 e. The predicted octanol–water partition coefficient (Wildman–Crippen LogP) is 0.280. The van der Waals surface area contributed by atoms with Crippen molar-refractivity contribution in [3.63, 3.8) is 0 Å². The molecule has 2 atom stereocenters. The van der Waals surface area contributed by atoms with E-state index in [4.69, 9.17) is 0 Å². The lowest BCUT2D eigenvalue weighted by molar-refractivity contribution is -0.121. The first-order chi connectivity index (χ1) is 12.8. The summed E-state index contributed by atoms with van der Waals surface area (Å²) in [7, 11) is -2.99. The van der Waals surface area contributed by atoms with Crippen LogP contribution in [-0.4, -0.2) is 69.2 Å². The number of carbonyl (C=O) groups excluding carboxylic acids is 1. The molecule has 1 rings (SSSR count). The lowest BCUT2D eigenvalue weighted by atomic mass is 9.94. The average Bonchev–Trinajstić information content (AvgIpc) is 2.90. The monoisotopic (exact) mass is 404 g/mol. The van der Waals surface area contributed by atoms with Gasteiger partial charge in [-0.05, 0) is 38.0 Å². The minimum Gasteiger partial charge on any atom is -0.396 e. The summed E-state index contributed by atoms with van der Waals surface area (Å²) in [5.41, 5.74) is 0. The van der Waals surface area contributed by atoms with Crippen molar-refractivity contribution >= 4 is 21.7 Å². The normalized spacial score (nSPS) is 20.5. The van der Waals surface area contributed by atoms with Gasteiger partial charge in [-0.1, -0.05) is 13.8 Å². The summed E-state index contributed by atoms with van der Waals surface area (Å²) in [6.07, 6.45) is 2.49. The summed E-state index contributed by atoms with van der Waals surface area (Å²) >= 11 is 0. The van der Waals surface area contributed by atoms with Gasteiger partial charge < -0.3 is 21.1 Å². The van der Waals surface area contributed by atoms with Crippen LogP contribution in [0.4, 0.5) is 0 Å². The maximum absolute atomic E-state index is 12.0. The quantitative estimate of drug-likeness (QED) is 0.290. The average molecular weight is 405 g/mol. The van der Waals surface area contributed by atoms with E-state index in [9.17, 15) is 18.3 Å². The molecule has 1 fully saturated rings. The van der Waals surface area contributed by atoms with Crippen LogP contribution >= 0.6 is 0 Å². The molecule has 1 aliphatic rings. The molecule has 27 heavy (non-hydrogen) atoms. The molecular weight excluding hydrogens is 368 g/mol. The van der Waals surface area contributed by atoms with E-state index in [1.165, 1.54) is 0 Å². The van der Waals surface area contributed by atoms with Gasteiger partial charge in [-0.25, -0.2) is 8.42 Å². The summed E-state index contributed by atoms with van der Waals surface area (Å²) in [4.78, 5) is 16.6. The molecule has 1 heterocycles. The number of amides is 1. The van der Waals surface area contributed by atoms with Crippen molar-refractivity contribution < 1.29 is 18.3 Å². The lowest BCUT2D eigenvalue weighted by Gasteiger charge is -2.17. The van der Waals surface area contributed by atoms with Gasteiger partial charge in [-0.2, -0.15) is 0 Å². The molecule has 0 aromatic rings. The number of carbonyl (C=O) groups is 1. The van der Waals surface area contributed by atoms with E-state index < -0.39 is 9.84 Å². The summed E-state index contributed by atoms with van der Waals surface area (Å²) in [6, 6.07) is -0.264. The van der Waals surface area contributed by atoms with Crippen molar-refractivity contribution in [1.82, 2.24) is 16.0 Å².